The fraction of sp³-hybridized carbons (Fsp3) is 0.154. The predicted molar refractivity (Wildman–Crippen MR) is 231 cm³/mol. The molecule has 2 heteroatoms. The second kappa shape index (κ2) is 12.8. The average molecular weight is 697 g/mol. The number of para-hydroxylation sites is 1. The maximum absolute atomic E-state index is 2.46. The van der Waals surface area contributed by atoms with Crippen LogP contribution in [0.15, 0.2) is 170 Å². The van der Waals surface area contributed by atoms with E-state index in [-0.39, 0.29) is 5.41 Å². The van der Waals surface area contributed by atoms with Gasteiger partial charge in [-0.15, -0.1) is 0 Å². The third-order valence-electron chi connectivity index (χ3n) is 12.1. The highest BCUT2D eigenvalue weighted by molar-refractivity contribution is 6.11. The first-order valence-corrected chi connectivity index (χ1v) is 19.5. The maximum atomic E-state index is 2.46. The number of fused-ring (bicyclic) bond motifs is 6. The van der Waals surface area contributed by atoms with Crippen LogP contribution in [-0.2, 0) is 5.41 Å². The van der Waals surface area contributed by atoms with Crippen molar-refractivity contribution < 1.29 is 0 Å². The molecule has 2 nitrogen and oxygen atoms in total. The minimum Gasteiger partial charge on any atom is -0.313 e. The standard InChI is InChI=1S/C52H44N2/c1-35-13-7-8-16-43(35)37-23-28-41(29-24-37)53(42-30-31-45-44-17-9-11-19-48(44)52(2,3)49(45)34-42)40-26-21-36(22-27-40)38-25-32-51-47(33-38)46-18-10-12-20-50(46)54(51)39-14-5-4-6-15-39/h4-5,7-12,14,16-35H,6,13,15H2,1-3H3. The molecular formula is C52H44N2. The minimum absolute atomic E-state index is 0.0789. The highest BCUT2D eigenvalue weighted by atomic mass is 15.1. The van der Waals surface area contributed by atoms with Crippen molar-refractivity contribution in [1.82, 2.24) is 4.57 Å². The molecule has 54 heavy (non-hydrogen) atoms. The zero-order chi connectivity index (χ0) is 36.4. The van der Waals surface area contributed by atoms with Gasteiger partial charge in [0.2, 0.25) is 0 Å². The van der Waals surface area contributed by atoms with Crippen LogP contribution in [0.1, 0.15) is 56.7 Å². The highest BCUT2D eigenvalue weighted by Gasteiger charge is 2.35. The molecule has 10 rings (SSSR count). The normalized spacial score (nSPS) is 17.0. The number of aromatic nitrogens is 1. The first-order valence-electron chi connectivity index (χ1n) is 19.5. The molecule has 0 saturated heterocycles. The fourth-order valence-electron chi connectivity index (χ4n) is 9.25. The summed E-state index contributed by atoms with van der Waals surface area (Å²) in [6, 6.07) is 50.1. The third-order valence-corrected chi connectivity index (χ3v) is 12.1. The molecule has 0 amide bonds. The number of hydrogen-bond acceptors (Lipinski definition) is 1. The summed E-state index contributed by atoms with van der Waals surface area (Å²) in [5, 5.41) is 2.59. The van der Waals surface area contributed by atoms with Gasteiger partial charge in [-0.25, -0.2) is 0 Å². The van der Waals surface area contributed by atoms with Gasteiger partial charge in [-0.3, -0.25) is 0 Å². The van der Waals surface area contributed by atoms with Gasteiger partial charge in [0.1, 0.15) is 0 Å². The molecule has 0 N–H and O–H groups in total. The van der Waals surface area contributed by atoms with Crippen molar-refractivity contribution in [3.05, 3.63) is 187 Å². The number of rotatable bonds is 6. The number of nitrogens with zero attached hydrogens (tertiary/aromatic N) is 2. The minimum atomic E-state index is -0.0789. The van der Waals surface area contributed by atoms with E-state index in [2.05, 4.69) is 200 Å². The van der Waals surface area contributed by atoms with Crippen molar-refractivity contribution in [2.75, 3.05) is 4.90 Å². The van der Waals surface area contributed by atoms with Gasteiger partial charge in [-0.05, 0) is 130 Å². The van der Waals surface area contributed by atoms with Crippen LogP contribution in [0, 0.1) is 5.92 Å². The highest BCUT2D eigenvalue weighted by Crippen LogP contribution is 2.51. The molecule has 262 valence electrons. The van der Waals surface area contributed by atoms with E-state index in [0.717, 1.165) is 30.6 Å². The summed E-state index contributed by atoms with van der Waals surface area (Å²) in [5.41, 5.74) is 17.9. The molecule has 0 saturated carbocycles. The van der Waals surface area contributed by atoms with Crippen LogP contribution < -0.4 is 4.90 Å². The van der Waals surface area contributed by atoms with Crippen molar-refractivity contribution in [1.29, 1.82) is 0 Å². The molecule has 3 aliphatic rings. The van der Waals surface area contributed by atoms with Gasteiger partial charge in [0.15, 0.2) is 0 Å². The van der Waals surface area contributed by atoms with Crippen LogP contribution in [0.25, 0.3) is 55.3 Å². The van der Waals surface area contributed by atoms with Crippen LogP contribution in [0.4, 0.5) is 17.1 Å². The molecule has 0 spiro atoms. The van der Waals surface area contributed by atoms with Gasteiger partial charge < -0.3 is 9.47 Å². The maximum Gasteiger partial charge on any atom is 0.0538 e. The van der Waals surface area contributed by atoms with Gasteiger partial charge in [-0.2, -0.15) is 0 Å². The number of hydrogen-bond donors (Lipinski definition) is 0. The molecule has 1 heterocycles. The Balaban J connectivity index is 1.06. The molecule has 0 fully saturated rings. The summed E-state index contributed by atoms with van der Waals surface area (Å²) in [7, 11) is 0. The molecule has 1 unspecified atom stereocenters. The Kier molecular flexibility index (Phi) is 7.70. The molecule has 1 aromatic heterocycles. The third kappa shape index (κ3) is 5.23. The Bertz CT molecular complexity index is 2710. The summed E-state index contributed by atoms with van der Waals surface area (Å²) in [6.45, 7) is 7.05. The van der Waals surface area contributed by atoms with Crippen LogP contribution in [0.3, 0.4) is 0 Å². The largest absolute Gasteiger partial charge is 0.313 e. The van der Waals surface area contributed by atoms with Crippen molar-refractivity contribution in [3.63, 3.8) is 0 Å². The molecule has 0 bridgehead atoms. The molecule has 1 atom stereocenters. The van der Waals surface area contributed by atoms with Crippen molar-refractivity contribution in [2.45, 2.75) is 45.4 Å². The summed E-state index contributed by atoms with van der Waals surface area (Å²) in [4.78, 5) is 2.43. The monoisotopic (exact) mass is 696 g/mol. The van der Waals surface area contributed by atoms with E-state index in [1.54, 1.807) is 0 Å². The van der Waals surface area contributed by atoms with Crippen LogP contribution in [-0.4, -0.2) is 4.57 Å². The zero-order valence-electron chi connectivity index (χ0n) is 31.3. The molecular weight excluding hydrogens is 653 g/mol. The van der Waals surface area contributed by atoms with Crippen molar-refractivity contribution in [2.24, 2.45) is 5.92 Å². The number of allylic oxidation sites excluding steroid dienone is 8. The number of anilines is 3. The van der Waals surface area contributed by atoms with Gasteiger partial charge >= 0.3 is 0 Å². The van der Waals surface area contributed by atoms with E-state index in [1.807, 2.05) is 0 Å². The summed E-state index contributed by atoms with van der Waals surface area (Å²) in [6.07, 6.45) is 16.7. The molecule has 0 radical (unpaired) electrons. The molecule has 0 aliphatic heterocycles. The second-order valence-corrected chi connectivity index (χ2v) is 15.7. The van der Waals surface area contributed by atoms with E-state index in [4.69, 9.17) is 0 Å². The SMILES string of the molecule is CC1CC=CC=C1c1ccc(N(c2ccc(-c3ccc4c(c3)c3ccccc3n4C3=CC=CCC3)cc2)c2ccc3c(c2)C(C)(C)c2ccccc2-3)cc1. The Hall–Kier alpha value is -6.12. The topological polar surface area (TPSA) is 8.17 Å². The van der Waals surface area contributed by atoms with E-state index in [0.29, 0.717) is 5.92 Å². The Morgan fingerprint density at radius 2 is 1.24 bits per heavy atom. The predicted octanol–water partition coefficient (Wildman–Crippen LogP) is 14.4. The van der Waals surface area contributed by atoms with E-state index < -0.39 is 0 Å². The lowest BCUT2D eigenvalue weighted by molar-refractivity contribution is 0.660. The summed E-state index contributed by atoms with van der Waals surface area (Å²) >= 11 is 0. The first-order chi connectivity index (χ1) is 26.5. The summed E-state index contributed by atoms with van der Waals surface area (Å²) in [5.74, 6) is 0.516. The Morgan fingerprint density at radius 1 is 0.574 bits per heavy atom. The van der Waals surface area contributed by atoms with Crippen LogP contribution in [0.5, 0.6) is 0 Å². The van der Waals surface area contributed by atoms with Crippen LogP contribution >= 0.6 is 0 Å². The quantitative estimate of drug-likeness (QED) is 0.168. The lowest BCUT2D eigenvalue weighted by Crippen LogP contribution is -2.16. The van der Waals surface area contributed by atoms with Gasteiger partial charge in [-0.1, -0.05) is 130 Å². The summed E-state index contributed by atoms with van der Waals surface area (Å²) < 4.78 is 2.46. The average Bonchev–Trinajstić information content (AvgIpc) is 3.67. The lowest BCUT2D eigenvalue weighted by atomic mass is 9.82. The van der Waals surface area contributed by atoms with E-state index in [1.165, 1.54) is 77.7 Å². The van der Waals surface area contributed by atoms with E-state index >= 15 is 0 Å². The Labute approximate surface area is 318 Å². The first kappa shape index (κ1) is 32.5. The van der Waals surface area contributed by atoms with Crippen molar-refractivity contribution in [3.8, 4) is 22.3 Å². The second-order valence-electron chi connectivity index (χ2n) is 15.7. The van der Waals surface area contributed by atoms with Gasteiger partial charge in [0.05, 0.1) is 11.0 Å². The zero-order valence-corrected chi connectivity index (χ0v) is 31.3. The van der Waals surface area contributed by atoms with Gasteiger partial charge in [0.25, 0.3) is 0 Å². The molecule has 3 aliphatic carbocycles. The van der Waals surface area contributed by atoms with E-state index in [9.17, 15) is 0 Å². The van der Waals surface area contributed by atoms with Gasteiger partial charge in [0, 0.05) is 38.9 Å². The van der Waals surface area contributed by atoms with Crippen molar-refractivity contribution >= 4 is 50.1 Å². The number of benzene rings is 6. The fourth-order valence-corrected chi connectivity index (χ4v) is 9.25. The Morgan fingerprint density at radius 3 is 2.02 bits per heavy atom. The lowest BCUT2D eigenvalue weighted by Gasteiger charge is -2.28. The van der Waals surface area contributed by atoms with Crippen LogP contribution in [0.2, 0.25) is 0 Å². The smallest absolute Gasteiger partial charge is 0.0538 e. The molecule has 7 aromatic rings. The molecule has 6 aromatic carbocycles.